The molecule has 0 saturated carbocycles. The van der Waals surface area contributed by atoms with Gasteiger partial charge >= 0.3 is 0 Å². The summed E-state index contributed by atoms with van der Waals surface area (Å²) < 4.78 is 0. The van der Waals surface area contributed by atoms with E-state index in [4.69, 9.17) is 11.6 Å². The molecule has 1 N–H and O–H groups in total. The van der Waals surface area contributed by atoms with Crippen molar-refractivity contribution >= 4 is 17.5 Å². The molecule has 1 fully saturated rings. The lowest BCUT2D eigenvalue weighted by atomic mass is 10.3. The van der Waals surface area contributed by atoms with Gasteiger partial charge in [-0.3, -0.25) is 14.8 Å². The quantitative estimate of drug-likeness (QED) is 0.937. The number of aromatic amines is 1. The van der Waals surface area contributed by atoms with Crippen LogP contribution in [0.25, 0.3) is 0 Å². The molecule has 0 bridgehead atoms. The minimum absolute atomic E-state index is 0.0277. The number of hydrogen-bond acceptors (Lipinski definition) is 4. The maximum Gasteiger partial charge on any atom is 0.272 e. The third-order valence-electron chi connectivity index (χ3n) is 3.77. The van der Waals surface area contributed by atoms with Gasteiger partial charge in [-0.25, -0.2) is 4.98 Å². The first-order valence-corrected chi connectivity index (χ1v) is 7.71. The molecule has 2 aromatic rings. The van der Waals surface area contributed by atoms with Gasteiger partial charge in [-0.15, -0.1) is 0 Å². The Hall–Kier alpha value is -1.92. The minimum Gasteiger partial charge on any atom is -0.336 e. The number of nitrogens with zero attached hydrogens (tertiary/aromatic N) is 4. The van der Waals surface area contributed by atoms with Gasteiger partial charge in [0.25, 0.3) is 5.91 Å². The average Bonchev–Trinajstić information content (AvgIpc) is 2.92. The molecule has 0 unspecified atom stereocenters. The van der Waals surface area contributed by atoms with E-state index in [1.165, 1.54) is 6.20 Å². The molecule has 116 valence electrons. The third kappa shape index (κ3) is 3.64. The first-order chi connectivity index (χ1) is 10.7. The Kier molecular flexibility index (Phi) is 4.70. The normalized spacial score (nSPS) is 16.5. The van der Waals surface area contributed by atoms with Crippen molar-refractivity contribution in [2.45, 2.75) is 13.0 Å². The lowest BCUT2D eigenvalue weighted by Gasteiger charge is -2.21. The van der Waals surface area contributed by atoms with E-state index in [-0.39, 0.29) is 5.91 Å². The molecule has 3 heterocycles. The Bertz CT molecular complexity index is 613. The van der Waals surface area contributed by atoms with Gasteiger partial charge in [0.1, 0.15) is 5.69 Å². The number of aromatic nitrogens is 3. The number of H-pyrrole nitrogens is 1. The third-order valence-corrected chi connectivity index (χ3v) is 4.00. The number of hydrogen-bond donors (Lipinski definition) is 1. The van der Waals surface area contributed by atoms with Crippen LogP contribution in [-0.4, -0.2) is 57.1 Å². The predicted octanol–water partition coefficient (Wildman–Crippen LogP) is 1.81. The fraction of sp³-hybridized carbons (Fsp3) is 0.400. The molecule has 0 atom stereocenters. The molecule has 0 aliphatic carbocycles. The van der Waals surface area contributed by atoms with E-state index < -0.39 is 0 Å². The summed E-state index contributed by atoms with van der Waals surface area (Å²) in [5.74, 6) is -0.0277. The van der Waals surface area contributed by atoms with Crippen LogP contribution in [0.4, 0.5) is 0 Å². The number of rotatable bonds is 3. The molecular weight excluding hydrogens is 302 g/mol. The molecule has 22 heavy (non-hydrogen) atoms. The number of amides is 1. The molecular formula is C15H18ClN5O. The maximum absolute atomic E-state index is 12.5. The Balaban J connectivity index is 1.60. The van der Waals surface area contributed by atoms with Crippen molar-refractivity contribution in [2.75, 3.05) is 26.2 Å². The van der Waals surface area contributed by atoms with Crippen molar-refractivity contribution in [1.29, 1.82) is 0 Å². The lowest BCUT2D eigenvalue weighted by Crippen LogP contribution is -2.35. The van der Waals surface area contributed by atoms with Crippen molar-refractivity contribution in [3.63, 3.8) is 0 Å². The molecule has 0 radical (unpaired) electrons. The summed E-state index contributed by atoms with van der Waals surface area (Å²) in [5, 5.41) is 7.48. The van der Waals surface area contributed by atoms with Crippen LogP contribution >= 0.6 is 11.6 Å². The highest BCUT2D eigenvalue weighted by atomic mass is 35.5. The van der Waals surface area contributed by atoms with Crippen molar-refractivity contribution in [1.82, 2.24) is 25.0 Å². The minimum atomic E-state index is -0.0277. The summed E-state index contributed by atoms with van der Waals surface area (Å²) in [6.07, 6.45) is 4.22. The Labute approximate surface area is 134 Å². The van der Waals surface area contributed by atoms with Gasteiger partial charge in [0.05, 0.1) is 5.02 Å². The SMILES string of the molecule is O=C(c1ccc(Cl)cn1)N1CCCN(Cc2ccn[nH]2)CC1. The highest BCUT2D eigenvalue weighted by Crippen LogP contribution is 2.12. The molecule has 1 saturated heterocycles. The number of nitrogens with one attached hydrogen (secondary N) is 1. The predicted molar refractivity (Wildman–Crippen MR) is 83.6 cm³/mol. The second kappa shape index (κ2) is 6.89. The van der Waals surface area contributed by atoms with E-state index >= 15 is 0 Å². The number of carbonyl (C=O) groups is 1. The van der Waals surface area contributed by atoms with Crippen molar-refractivity contribution in [3.8, 4) is 0 Å². The first-order valence-electron chi connectivity index (χ1n) is 7.34. The van der Waals surface area contributed by atoms with E-state index in [1.807, 2.05) is 11.0 Å². The van der Waals surface area contributed by atoms with E-state index in [1.54, 1.807) is 18.3 Å². The highest BCUT2D eigenvalue weighted by molar-refractivity contribution is 6.30. The second-order valence-corrected chi connectivity index (χ2v) is 5.80. The number of halogens is 1. The Morgan fingerprint density at radius 3 is 2.86 bits per heavy atom. The summed E-state index contributed by atoms with van der Waals surface area (Å²) in [5.41, 5.74) is 1.55. The van der Waals surface area contributed by atoms with E-state index in [0.29, 0.717) is 17.3 Å². The first kappa shape index (κ1) is 15.0. The van der Waals surface area contributed by atoms with Crippen LogP contribution < -0.4 is 0 Å². The summed E-state index contributed by atoms with van der Waals surface area (Å²) >= 11 is 5.81. The van der Waals surface area contributed by atoms with Crippen molar-refractivity contribution in [2.24, 2.45) is 0 Å². The van der Waals surface area contributed by atoms with Crippen LogP contribution in [0.1, 0.15) is 22.6 Å². The van der Waals surface area contributed by atoms with Gasteiger partial charge in [-0.1, -0.05) is 11.6 Å². The monoisotopic (exact) mass is 319 g/mol. The molecule has 0 spiro atoms. The fourth-order valence-electron chi connectivity index (χ4n) is 2.61. The molecule has 0 aromatic carbocycles. The molecule has 1 aliphatic heterocycles. The Morgan fingerprint density at radius 1 is 1.23 bits per heavy atom. The number of pyridine rings is 1. The Morgan fingerprint density at radius 2 is 2.14 bits per heavy atom. The summed E-state index contributed by atoms with van der Waals surface area (Å²) in [7, 11) is 0. The van der Waals surface area contributed by atoms with Gasteiger partial charge in [0.15, 0.2) is 0 Å². The van der Waals surface area contributed by atoms with Crippen LogP contribution in [0.5, 0.6) is 0 Å². The van der Waals surface area contributed by atoms with Crippen LogP contribution in [0.3, 0.4) is 0 Å². The largest absolute Gasteiger partial charge is 0.336 e. The van der Waals surface area contributed by atoms with Crippen molar-refractivity contribution < 1.29 is 4.79 Å². The van der Waals surface area contributed by atoms with Gasteiger partial charge in [0.2, 0.25) is 0 Å². The van der Waals surface area contributed by atoms with Gasteiger partial charge in [0, 0.05) is 50.8 Å². The molecule has 3 rings (SSSR count). The topological polar surface area (TPSA) is 65.1 Å². The smallest absolute Gasteiger partial charge is 0.272 e. The van der Waals surface area contributed by atoms with Gasteiger partial charge in [-0.05, 0) is 24.6 Å². The summed E-state index contributed by atoms with van der Waals surface area (Å²) in [6, 6.07) is 5.35. The van der Waals surface area contributed by atoms with Crippen LogP contribution in [0, 0.1) is 0 Å². The highest BCUT2D eigenvalue weighted by Gasteiger charge is 2.21. The standard InChI is InChI=1S/C15H18ClN5O/c16-12-2-3-14(17-10-12)15(22)21-7-1-6-20(8-9-21)11-13-4-5-18-19-13/h2-5,10H,1,6-9,11H2,(H,18,19). The van der Waals surface area contributed by atoms with E-state index in [2.05, 4.69) is 20.1 Å². The number of carbonyl (C=O) groups excluding carboxylic acids is 1. The van der Waals surface area contributed by atoms with Crippen LogP contribution in [-0.2, 0) is 6.54 Å². The zero-order chi connectivity index (χ0) is 15.4. The van der Waals surface area contributed by atoms with Crippen molar-refractivity contribution in [3.05, 3.63) is 47.0 Å². The fourth-order valence-corrected chi connectivity index (χ4v) is 2.72. The zero-order valence-corrected chi connectivity index (χ0v) is 13.0. The van der Waals surface area contributed by atoms with Crippen LogP contribution in [0.15, 0.2) is 30.6 Å². The van der Waals surface area contributed by atoms with Gasteiger partial charge < -0.3 is 4.90 Å². The van der Waals surface area contributed by atoms with Gasteiger partial charge in [-0.2, -0.15) is 5.10 Å². The summed E-state index contributed by atoms with van der Waals surface area (Å²) in [4.78, 5) is 20.8. The second-order valence-electron chi connectivity index (χ2n) is 5.37. The molecule has 1 aliphatic rings. The molecule has 2 aromatic heterocycles. The molecule has 1 amide bonds. The molecule has 6 nitrogen and oxygen atoms in total. The van der Waals surface area contributed by atoms with Crippen LogP contribution in [0.2, 0.25) is 5.02 Å². The average molecular weight is 320 g/mol. The molecule has 7 heteroatoms. The van der Waals surface area contributed by atoms with E-state index in [0.717, 1.165) is 38.3 Å². The maximum atomic E-state index is 12.5. The zero-order valence-electron chi connectivity index (χ0n) is 12.2. The van der Waals surface area contributed by atoms with E-state index in [9.17, 15) is 4.79 Å². The summed E-state index contributed by atoms with van der Waals surface area (Å²) in [6.45, 7) is 4.11. The lowest BCUT2D eigenvalue weighted by molar-refractivity contribution is 0.0755.